The predicted molar refractivity (Wildman–Crippen MR) is 106 cm³/mol. The summed E-state index contributed by atoms with van der Waals surface area (Å²) in [6, 6.07) is 0.361. The number of aliphatic hydroxyl groups excluding tert-OH is 1. The topological polar surface area (TPSA) is 77.8 Å². The number of hydrogen-bond acceptors (Lipinski definition) is 3. The summed E-state index contributed by atoms with van der Waals surface area (Å²) in [5.41, 5.74) is 0. The van der Waals surface area contributed by atoms with Crippen LogP contribution in [0.2, 0.25) is 0 Å². The van der Waals surface area contributed by atoms with Crippen LogP contribution in [-0.2, 0) is 9.59 Å². The van der Waals surface area contributed by atoms with Gasteiger partial charge in [0.1, 0.15) is 0 Å². The highest BCUT2D eigenvalue weighted by Gasteiger charge is 2.28. The predicted octanol–water partition coefficient (Wildman–Crippen LogP) is 4.62. The number of amides is 1. The van der Waals surface area contributed by atoms with E-state index in [1.807, 2.05) is 6.92 Å². The zero-order valence-corrected chi connectivity index (χ0v) is 17.4. The minimum Gasteiger partial charge on any atom is -0.481 e. The van der Waals surface area contributed by atoms with Crippen LogP contribution in [0, 0.1) is 5.92 Å². The van der Waals surface area contributed by atoms with Crippen molar-refractivity contribution in [2.75, 3.05) is 6.54 Å². The van der Waals surface area contributed by atoms with Gasteiger partial charge in [0.15, 0.2) is 0 Å². The van der Waals surface area contributed by atoms with Crippen LogP contribution in [0.25, 0.3) is 0 Å². The summed E-state index contributed by atoms with van der Waals surface area (Å²) in [4.78, 5) is 23.7. The molecular formula is C21H41NO4. The molecule has 5 nitrogen and oxygen atoms in total. The van der Waals surface area contributed by atoms with E-state index in [-0.39, 0.29) is 6.10 Å². The zero-order valence-electron chi connectivity index (χ0n) is 17.4. The van der Waals surface area contributed by atoms with Gasteiger partial charge < -0.3 is 15.1 Å². The second-order valence-electron chi connectivity index (χ2n) is 7.86. The standard InChI is InChI=1S/C17H33NO2.C4H8O2/c1-4-5-6-9-16(19)12-11-15-8-7-10-17(20)18(15)13-14(2)3;1-2-3-4(5)6/h14-16,19H,4-13H2,1-3H3;2-3H2,1H3,(H,5,6)/t15-,16?;/m1./s1. The number of hydrogen-bond donors (Lipinski definition) is 2. The van der Waals surface area contributed by atoms with Gasteiger partial charge in [0.2, 0.25) is 5.91 Å². The zero-order chi connectivity index (χ0) is 19.9. The molecule has 154 valence electrons. The summed E-state index contributed by atoms with van der Waals surface area (Å²) in [6.07, 6.45) is 9.93. The first-order valence-corrected chi connectivity index (χ1v) is 10.5. The molecular weight excluding hydrogens is 330 g/mol. The third kappa shape index (κ3) is 12.3. The van der Waals surface area contributed by atoms with E-state index in [0.29, 0.717) is 30.7 Å². The quantitative estimate of drug-likeness (QED) is 0.520. The van der Waals surface area contributed by atoms with Crippen LogP contribution in [0.15, 0.2) is 0 Å². The molecule has 5 heteroatoms. The van der Waals surface area contributed by atoms with Gasteiger partial charge in [-0.05, 0) is 44.4 Å². The third-order valence-corrected chi connectivity index (χ3v) is 4.69. The SMILES string of the molecule is CCCC(=O)O.CCCCCC(O)CC[C@H]1CCCC(=O)N1CC(C)C. The average Bonchev–Trinajstić information content (AvgIpc) is 2.56. The number of likely N-dealkylation sites (tertiary alicyclic amines) is 1. The van der Waals surface area contributed by atoms with Crippen molar-refractivity contribution in [3.05, 3.63) is 0 Å². The summed E-state index contributed by atoms with van der Waals surface area (Å²) >= 11 is 0. The molecule has 1 rings (SSSR count). The lowest BCUT2D eigenvalue weighted by molar-refractivity contribution is -0.138. The number of carboxylic acids is 1. The van der Waals surface area contributed by atoms with Crippen molar-refractivity contribution in [3.63, 3.8) is 0 Å². The highest BCUT2D eigenvalue weighted by Crippen LogP contribution is 2.24. The Kier molecular flexibility index (Phi) is 14.4. The molecule has 0 radical (unpaired) electrons. The fraction of sp³-hybridized carbons (Fsp3) is 0.905. The number of carboxylic acid groups (broad SMARTS) is 1. The van der Waals surface area contributed by atoms with Crippen LogP contribution < -0.4 is 0 Å². The first-order valence-electron chi connectivity index (χ1n) is 10.5. The number of carbonyl (C=O) groups is 2. The maximum Gasteiger partial charge on any atom is 0.303 e. The smallest absolute Gasteiger partial charge is 0.303 e. The highest BCUT2D eigenvalue weighted by molar-refractivity contribution is 5.77. The third-order valence-electron chi connectivity index (χ3n) is 4.69. The molecule has 1 unspecified atom stereocenters. The van der Waals surface area contributed by atoms with Crippen LogP contribution >= 0.6 is 0 Å². The van der Waals surface area contributed by atoms with E-state index in [9.17, 15) is 14.7 Å². The molecule has 2 N–H and O–H groups in total. The van der Waals surface area contributed by atoms with Crippen molar-refractivity contribution in [2.45, 2.75) is 110 Å². The van der Waals surface area contributed by atoms with Gasteiger partial charge in [-0.3, -0.25) is 9.59 Å². The number of nitrogens with zero attached hydrogens (tertiary/aromatic N) is 1. The number of aliphatic carboxylic acids is 1. The van der Waals surface area contributed by atoms with Crippen molar-refractivity contribution in [1.82, 2.24) is 4.90 Å². The van der Waals surface area contributed by atoms with Gasteiger partial charge in [-0.25, -0.2) is 0 Å². The molecule has 0 aromatic rings. The van der Waals surface area contributed by atoms with Crippen LogP contribution in [0.5, 0.6) is 0 Å². The lowest BCUT2D eigenvalue weighted by Gasteiger charge is -2.37. The Morgan fingerprint density at radius 1 is 1.19 bits per heavy atom. The first-order chi connectivity index (χ1) is 12.3. The molecule has 0 saturated carbocycles. The summed E-state index contributed by atoms with van der Waals surface area (Å²) in [7, 11) is 0. The number of unbranched alkanes of at least 4 members (excludes halogenated alkanes) is 2. The van der Waals surface area contributed by atoms with Crippen molar-refractivity contribution in [1.29, 1.82) is 0 Å². The van der Waals surface area contributed by atoms with Crippen molar-refractivity contribution < 1.29 is 19.8 Å². The molecule has 1 fully saturated rings. The van der Waals surface area contributed by atoms with Crippen molar-refractivity contribution in [3.8, 4) is 0 Å². The Hall–Kier alpha value is -1.10. The van der Waals surface area contributed by atoms with Crippen molar-refractivity contribution >= 4 is 11.9 Å². The van der Waals surface area contributed by atoms with Crippen LogP contribution in [0.1, 0.15) is 98.3 Å². The fourth-order valence-electron chi connectivity index (χ4n) is 3.31. The van der Waals surface area contributed by atoms with Crippen molar-refractivity contribution in [2.24, 2.45) is 5.92 Å². The molecule has 0 bridgehead atoms. The lowest BCUT2D eigenvalue weighted by Crippen LogP contribution is -2.45. The summed E-state index contributed by atoms with van der Waals surface area (Å²) in [5, 5.41) is 18.0. The van der Waals surface area contributed by atoms with Gasteiger partial charge in [0, 0.05) is 25.4 Å². The molecule has 0 aromatic carbocycles. The minimum atomic E-state index is -0.711. The maximum absolute atomic E-state index is 12.1. The largest absolute Gasteiger partial charge is 0.481 e. The highest BCUT2D eigenvalue weighted by atomic mass is 16.4. The first kappa shape index (κ1) is 24.9. The van der Waals surface area contributed by atoms with E-state index in [1.165, 1.54) is 12.8 Å². The van der Waals surface area contributed by atoms with Gasteiger partial charge in [-0.1, -0.05) is 47.0 Å². The van der Waals surface area contributed by atoms with Gasteiger partial charge in [0.25, 0.3) is 0 Å². The Morgan fingerprint density at radius 2 is 1.88 bits per heavy atom. The van der Waals surface area contributed by atoms with E-state index < -0.39 is 5.97 Å². The maximum atomic E-state index is 12.1. The summed E-state index contributed by atoms with van der Waals surface area (Å²) in [5.74, 6) is 0.127. The van der Waals surface area contributed by atoms with Crippen LogP contribution in [0.4, 0.5) is 0 Å². The Labute approximate surface area is 160 Å². The molecule has 2 atom stereocenters. The Bertz CT molecular complexity index is 384. The molecule has 26 heavy (non-hydrogen) atoms. The molecule has 0 aromatic heterocycles. The normalized spacial score (nSPS) is 18.5. The van der Waals surface area contributed by atoms with E-state index in [4.69, 9.17) is 5.11 Å². The Balaban J connectivity index is 0.000000896. The van der Waals surface area contributed by atoms with E-state index in [1.54, 1.807) is 0 Å². The van der Waals surface area contributed by atoms with Gasteiger partial charge >= 0.3 is 5.97 Å². The van der Waals surface area contributed by atoms with E-state index in [2.05, 4.69) is 25.7 Å². The molecule has 1 saturated heterocycles. The average molecular weight is 372 g/mol. The number of carbonyl (C=O) groups excluding carboxylic acids is 1. The molecule has 1 amide bonds. The van der Waals surface area contributed by atoms with Crippen LogP contribution in [-0.4, -0.2) is 45.7 Å². The lowest BCUT2D eigenvalue weighted by atomic mass is 9.94. The van der Waals surface area contributed by atoms with Gasteiger partial charge in [-0.15, -0.1) is 0 Å². The van der Waals surface area contributed by atoms with Crippen LogP contribution in [0.3, 0.4) is 0 Å². The molecule has 0 spiro atoms. The second-order valence-corrected chi connectivity index (χ2v) is 7.86. The molecule has 1 heterocycles. The Morgan fingerprint density at radius 3 is 2.38 bits per heavy atom. The number of piperidine rings is 1. The fourth-order valence-corrected chi connectivity index (χ4v) is 3.31. The summed E-state index contributed by atoms with van der Waals surface area (Å²) in [6.45, 7) is 9.23. The van der Waals surface area contributed by atoms with Gasteiger partial charge in [-0.2, -0.15) is 0 Å². The monoisotopic (exact) mass is 371 g/mol. The molecule has 1 aliphatic heterocycles. The second kappa shape index (κ2) is 15.0. The molecule has 1 aliphatic rings. The minimum absolute atomic E-state index is 0.181. The number of aliphatic hydroxyl groups is 1. The number of rotatable bonds is 11. The van der Waals surface area contributed by atoms with E-state index >= 15 is 0 Å². The molecule has 0 aliphatic carbocycles. The van der Waals surface area contributed by atoms with E-state index in [0.717, 1.165) is 51.5 Å². The summed E-state index contributed by atoms with van der Waals surface area (Å²) < 4.78 is 0. The van der Waals surface area contributed by atoms with Gasteiger partial charge in [0.05, 0.1) is 6.10 Å².